The lowest BCUT2D eigenvalue weighted by Crippen LogP contribution is -2.47. The zero-order valence-electron chi connectivity index (χ0n) is 15.6. The predicted octanol–water partition coefficient (Wildman–Crippen LogP) is 5.56. The van der Waals surface area contributed by atoms with Crippen LogP contribution in [0.4, 0.5) is 0 Å². The van der Waals surface area contributed by atoms with E-state index in [1.54, 1.807) is 0 Å². The first-order chi connectivity index (χ1) is 9.97. The Morgan fingerprint density at radius 1 is 0.857 bits per heavy atom. The summed E-state index contributed by atoms with van der Waals surface area (Å²) in [5.41, 5.74) is 0.196. The molecule has 128 valence electrons. The lowest BCUT2D eigenvalue weighted by Gasteiger charge is -2.36. The Bertz CT molecular complexity index is 222. The molecule has 0 amide bonds. The molecule has 0 fully saturated rings. The fourth-order valence-corrected chi connectivity index (χ4v) is 3.24. The van der Waals surface area contributed by atoms with Crippen molar-refractivity contribution in [3.63, 3.8) is 0 Å². The van der Waals surface area contributed by atoms with E-state index >= 15 is 0 Å². The van der Waals surface area contributed by atoms with Crippen molar-refractivity contribution in [3.8, 4) is 0 Å². The first-order valence-corrected chi connectivity index (χ1v) is 9.23. The summed E-state index contributed by atoms with van der Waals surface area (Å²) in [5.74, 6) is 0. The van der Waals surface area contributed by atoms with E-state index in [1.165, 1.54) is 57.8 Å². The maximum Gasteiger partial charge on any atom is 0.0772 e. The van der Waals surface area contributed by atoms with Crippen molar-refractivity contribution in [1.82, 2.24) is 5.32 Å². The highest BCUT2D eigenvalue weighted by molar-refractivity contribution is 4.86. The van der Waals surface area contributed by atoms with Crippen LogP contribution >= 0.6 is 0 Å². The van der Waals surface area contributed by atoms with Crippen molar-refractivity contribution < 1.29 is 4.74 Å². The molecule has 0 aliphatic carbocycles. The fourth-order valence-electron chi connectivity index (χ4n) is 3.24. The van der Waals surface area contributed by atoms with Crippen LogP contribution in [0.2, 0.25) is 0 Å². The number of hydrogen-bond donors (Lipinski definition) is 1. The second-order valence-corrected chi connectivity index (χ2v) is 7.45. The van der Waals surface area contributed by atoms with Crippen LogP contribution in [0.5, 0.6) is 0 Å². The van der Waals surface area contributed by atoms with E-state index in [0.717, 1.165) is 6.54 Å². The summed E-state index contributed by atoms with van der Waals surface area (Å²) in [6, 6.07) is 0.486. The summed E-state index contributed by atoms with van der Waals surface area (Å²) in [5, 5.41) is 3.63. The molecule has 0 aromatic carbocycles. The van der Waals surface area contributed by atoms with Crippen LogP contribution in [0.3, 0.4) is 0 Å². The van der Waals surface area contributed by atoms with Gasteiger partial charge in [-0.25, -0.2) is 0 Å². The SMILES string of the molecule is CCCCCCCCCCC(NCC)C(OC)C(C)(C)C. The topological polar surface area (TPSA) is 21.3 Å². The van der Waals surface area contributed by atoms with E-state index in [0.29, 0.717) is 12.1 Å². The van der Waals surface area contributed by atoms with Gasteiger partial charge in [-0.2, -0.15) is 0 Å². The third-order valence-corrected chi connectivity index (χ3v) is 4.31. The number of methoxy groups -OCH3 is 1. The van der Waals surface area contributed by atoms with Crippen molar-refractivity contribution in [1.29, 1.82) is 0 Å². The first-order valence-electron chi connectivity index (χ1n) is 9.23. The van der Waals surface area contributed by atoms with Gasteiger partial charge < -0.3 is 10.1 Å². The van der Waals surface area contributed by atoms with Gasteiger partial charge in [-0.05, 0) is 18.4 Å². The van der Waals surface area contributed by atoms with E-state index in [2.05, 4.69) is 39.9 Å². The monoisotopic (exact) mass is 299 g/mol. The standard InChI is InChI=1S/C19H41NO/c1-7-9-10-11-12-13-14-15-16-17(20-8-2)18(21-6)19(3,4)5/h17-18,20H,7-16H2,1-6H3. The zero-order chi connectivity index (χ0) is 16.1. The second-order valence-electron chi connectivity index (χ2n) is 7.45. The molecule has 1 N–H and O–H groups in total. The first kappa shape index (κ1) is 20.9. The van der Waals surface area contributed by atoms with Crippen molar-refractivity contribution >= 4 is 0 Å². The molecular formula is C19H41NO. The minimum Gasteiger partial charge on any atom is -0.379 e. The average Bonchev–Trinajstić information content (AvgIpc) is 2.41. The Kier molecular flexibility index (Phi) is 12.4. The summed E-state index contributed by atoms with van der Waals surface area (Å²) >= 11 is 0. The Balaban J connectivity index is 3.94. The molecule has 21 heavy (non-hydrogen) atoms. The molecule has 0 saturated heterocycles. The molecule has 0 aliphatic rings. The van der Waals surface area contributed by atoms with E-state index in [1.807, 2.05) is 7.11 Å². The van der Waals surface area contributed by atoms with Gasteiger partial charge in [-0.15, -0.1) is 0 Å². The predicted molar refractivity (Wildman–Crippen MR) is 94.9 cm³/mol. The minimum absolute atomic E-state index is 0.196. The number of hydrogen-bond acceptors (Lipinski definition) is 2. The maximum atomic E-state index is 5.79. The van der Waals surface area contributed by atoms with Crippen LogP contribution < -0.4 is 5.32 Å². The van der Waals surface area contributed by atoms with Gasteiger partial charge in [0.1, 0.15) is 0 Å². The molecule has 0 spiro atoms. The number of unbranched alkanes of at least 4 members (excludes halogenated alkanes) is 7. The normalized spacial score (nSPS) is 15.1. The van der Waals surface area contributed by atoms with Gasteiger partial charge in [0, 0.05) is 13.2 Å². The van der Waals surface area contributed by atoms with Gasteiger partial charge >= 0.3 is 0 Å². The summed E-state index contributed by atoms with van der Waals surface area (Å²) < 4.78 is 5.79. The fraction of sp³-hybridized carbons (Fsp3) is 1.00. The molecular weight excluding hydrogens is 258 g/mol. The molecule has 2 heteroatoms. The third-order valence-electron chi connectivity index (χ3n) is 4.31. The van der Waals surface area contributed by atoms with Crippen LogP contribution in [0.25, 0.3) is 0 Å². The number of likely N-dealkylation sites (N-methyl/N-ethyl adjacent to an activating group) is 1. The molecule has 2 atom stereocenters. The Hall–Kier alpha value is -0.0800. The van der Waals surface area contributed by atoms with Gasteiger partial charge in [0.15, 0.2) is 0 Å². The molecule has 0 rings (SSSR count). The highest BCUT2D eigenvalue weighted by atomic mass is 16.5. The minimum atomic E-state index is 0.196. The van der Waals surface area contributed by atoms with Crippen LogP contribution in [-0.2, 0) is 4.74 Å². The van der Waals surface area contributed by atoms with E-state index in [-0.39, 0.29) is 5.41 Å². The molecule has 2 unspecified atom stereocenters. The van der Waals surface area contributed by atoms with Crippen molar-refractivity contribution in [2.75, 3.05) is 13.7 Å². The molecule has 0 bridgehead atoms. The summed E-state index contributed by atoms with van der Waals surface area (Å²) in [6.45, 7) is 12.3. The smallest absolute Gasteiger partial charge is 0.0772 e. The second kappa shape index (κ2) is 12.5. The Labute approximate surface area is 134 Å². The van der Waals surface area contributed by atoms with E-state index in [9.17, 15) is 0 Å². The molecule has 0 aromatic heterocycles. The van der Waals surface area contributed by atoms with Crippen molar-refractivity contribution in [2.45, 2.75) is 105 Å². The highest BCUT2D eigenvalue weighted by Gasteiger charge is 2.31. The van der Waals surface area contributed by atoms with Crippen LogP contribution in [0.15, 0.2) is 0 Å². The summed E-state index contributed by atoms with van der Waals surface area (Å²) in [7, 11) is 1.86. The van der Waals surface area contributed by atoms with Crippen LogP contribution in [0.1, 0.15) is 92.4 Å². The average molecular weight is 300 g/mol. The maximum absolute atomic E-state index is 5.79. The number of ether oxygens (including phenoxy) is 1. The molecule has 0 heterocycles. The third kappa shape index (κ3) is 10.3. The van der Waals surface area contributed by atoms with Gasteiger partial charge in [0.05, 0.1) is 6.10 Å². The van der Waals surface area contributed by atoms with Crippen LogP contribution in [0, 0.1) is 5.41 Å². The Morgan fingerprint density at radius 3 is 1.81 bits per heavy atom. The van der Waals surface area contributed by atoms with Gasteiger partial charge in [-0.3, -0.25) is 0 Å². The largest absolute Gasteiger partial charge is 0.379 e. The van der Waals surface area contributed by atoms with Crippen LogP contribution in [-0.4, -0.2) is 25.8 Å². The molecule has 0 aromatic rings. The molecule has 0 radical (unpaired) electrons. The van der Waals surface area contributed by atoms with Crippen molar-refractivity contribution in [2.24, 2.45) is 5.41 Å². The summed E-state index contributed by atoms with van der Waals surface area (Å²) in [4.78, 5) is 0. The lowest BCUT2D eigenvalue weighted by atomic mass is 9.82. The van der Waals surface area contributed by atoms with Gasteiger partial charge in [-0.1, -0.05) is 86.0 Å². The summed E-state index contributed by atoms with van der Waals surface area (Å²) in [6.07, 6.45) is 12.6. The zero-order valence-corrected chi connectivity index (χ0v) is 15.6. The van der Waals surface area contributed by atoms with Gasteiger partial charge in [0.2, 0.25) is 0 Å². The molecule has 0 saturated carbocycles. The van der Waals surface area contributed by atoms with Gasteiger partial charge in [0.25, 0.3) is 0 Å². The Morgan fingerprint density at radius 2 is 1.38 bits per heavy atom. The molecule has 0 aliphatic heterocycles. The quantitative estimate of drug-likeness (QED) is 0.450. The van der Waals surface area contributed by atoms with Crippen molar-refractivity contribution in [3.05, 3.63) is 0 Å². The highest BCUT2D eigenvalue weighted by Crippen LogP contribution is 2.27. The van der Waals surface area contributed by atoms with E-state index < -0.39 is 0 Å². The number of nitrogens with one attached hydrogen (secondary N) is 1. The number of rotatable bonds is 13. The molecule has 2 nitrogen and oxygen atoms in total. The lowest BCUT2D eigenvalue weighted by molar-refractivity contribution is -0.0133. The van der Waals surface area contributed by atoms with E-state index in [4.69, 9.17) is 4.74 Å².